The van der Waals surface area contributed by atoms with Gasteiger partial charge in [-0.3, -0.25) is 4.55 Å². The Morgan fingerprint density at radius 2 is 1.37 bits per heavy atom. The summed E-state index contributed by atoms with van der Waals surface area (Å²) in [4.78, 5) is -0.124. The maximum absolute atomic E-state index is 11.2. The second-order valence-electron chi connectivity index (χ2n) is 6.30. The molecular formula is C22H20O4S. The highest BCUT2D eigenvalue weighted by atomic mass is 32.2. The Labute approximate surface area is 159 Å². The van der Waals surface area contributed by atoms with Crippen LogP contribution in [0.25, 0.3) is 23.3 Å². The zero-order valence-electron chi connectivity index (χ0n) is 14.8. The van der Waals surface area contributed by atoms with E-state index in [0.717, 1.165) is 22.3 Å². The van der Waals surface area contributed by atoms with Gasteiger partial charge in [0.15, 0.2) is 0 Å². The summed E-state index contributed by atoms with van der Waals surface area (Å²) in [5.74, 6) is 0. The van der Waals surface area contributed by atoms with Crippen molar-refractivity contribution in [2.75, 3.05) is 0 Å². The van der Waals surface area contributed by atoms with E-state index in [0.29, 0.717) is 5.56 Å². The molecule has 0 heterocycles. The van der Waals surface area contributed by atoms with Crippen LogP contribution in [0.5, 0.6) is 0 Å². The summed E-state index contributed by atoms with van der Waals surface area (Å²) < 4.78 is 31.5. The van der Waals surface area contributed by atoms with Crippen molar-refractivity contribution in [1.29, 1.82) is 0 Å². The molecule has 0 amide bonds. The standard InChI is InChI=1S/C22H20O4S/c1-16(23)19-11-13-21(14-12-19)20-9-7-17(8-10-20)5-6-18-3-2-4-22(15-18)27(24,25)26/h2-16,23H,1H3,(H,24,25,26)/b6-5+. The SMILES string of the molecule is CC(O)c1ccc(-c2ccc(/C=C/c3cccc(S(=O)(=O)O)c3)cc2)cc1. The van der Waals surface area contributed by atoms with Crippen molar-refractivity contribution in [3.63, 3.8) is 0 Å². The Hall–Kier alpha value is -2.73. The lowest BCUT2D eigenvalue weighted by molar-refractivity contribution is 0.199. The van der Waals surface area contributed by atoms with Crippen LogP contribution in [-0.4, -0.2) is 18.1 Å². The molecule has 3 aromatic carbocycles. The molecule has 27 heavy (non-hydrogen) atoms. The fraction of sp³-hybridized carbons (Fsp3) is 0.0909. The van der Waals surface area contributed by atoms with Gasteiger partial charge in [0, 0.05) is 0 Å². The van der Waals surface area contributed by atoms with E-state index >= 15 is 0 Å². The summed E-state index contributed by atoms with van der Waals surface area (Å²) in [7, 11) is -4.20. The molecule has 0 saturated carbocycles. The van der Waals surface area contributed by atoms with E-state index in [4.69, 9.17) is 4.55 Å². The Balaban J connectivity index is 1.77. The van der Waals surface area contributed by atoms with Crippen LogP contribution in [0.1, 0.15) is 29.7 Å². The van der Waals surface area contributed by atoms with Crippen LogP contribution in [0, 0.1) is 0 Å². The molecule has 2 N–H and O–H groups in total. The minimum atomic E-state index is -4.20. The third-order valence-electron chi connectivity index (χ3n) is 4.26. The predicted octanol–water partition coefficient (Wildman–Crippen LogP) is 4.82. The monoisotopic (exact) mass is 380 g/mol. The van der Waals surface area contributed by atoms with E-state index in [2.05, 4.69) is 0 Å². The van der Waals surface area contributed by atoms with Crippen LogP contribution in [-0.2, 0) is 10.1 Å². The van der Waals surface area contributed by atoms with E-state index < -0.39 is 16.2 Å². The van der Waals surface area contributed by atoms with Crippen molar-refractivity contribution < 1.29 is 18.1 Å². The number of aliphatic hydroxyl groups excluding tert-OH is 1. The Morgan fingerprint density at radius 3 is 1.93 bits per heavy atom. The average molecular weight is 380 g/mol. The molecule has 4 nitrogen and oxygen atoms in total. The third kappa shape index (κ3) is 4.92. The van der Waals surface area contributed by atoms with Gasteiger partial charge in [-0.2, -0.15) is 8.42 Å². The lowest BCUT2D eigenvalue weighted by Gasteiger charge is -2.07. The fourth-order valence-electron chi connectivity index (χ4n) is 2.71. The van der Waals surface area contributed by atoms with Gasteiger partial charge < -0.3 is 5.11 Å². The molecule has 3 rings (SSSR count). The Bertz CT molecular complexity index is 1050. The summed E-state index contributed by atoms with van der Waals surface area (Å²) in [5.41, 5.74) is 4.67. The zero-order chi connectivity index (χ0) is 19.4. The van der Waals surface area contributed by atoms with Gasteiger partial charge in [-0.15, -0.1) is 0 Å². The first-order valence-corrected chi connectivity index (χ1v) is 9.91. The molecule has 0 aliphatic carbocycles. The quantitative estimate of drug-likeness (QED) is 0.491. The van der Waals surface area contributed by atoms with Crippen LogP contribution in [0.2, 0.25) is 0 Å². The Morgan fingerprint density at radius 1 is 0.815 bits per heavy atom. The lowest BCUT2D eigenvalue weighted by atomic mass is 10.0. The van der Waals surface area contributed by atoms with Gasteiger partial charge >= 0.3 is 0 Å². The molecule has 1 unspecified atom stereocenters. The molecule has 3 aromatic rings. The summed E-state index contributed by atoms with van der Waals surface area (Å²) in [6, 6.07) is 21.9. The van der Waals surface area contributed by atoms with Crippen molar-refractivity contribution in [3.05, 3.63) is 89.5 Å². The second kappa shape index (κ2) is 7.88. The molecule has 0 radical (unpaired) electrons. The van der Waals surface area contributed by atoms with Gasteiger partial charge in [-0.1, -0.05) is 72.8 Å². The highest BCUT2D eigenvalue weighted by molar-refractivity contribution is 7.85. The Kier molecular flexibility index (Phi) is 5.56. The maximum Gasteiger partial charge on any atom is 0.294 e. The van der Waals surface area contributed by atoms with Crippen molar-refractivity contribution in [3.8, 4) is 11.1 Å². The van der Waals surface area contributed by atoms with Crippen LogP contribution in [0.15, 0.2) is 77.7 Å². The summed E-state index contributed by atoms with van der Waals surface area (Å²) in [6.07, 6.45) is 3.19. The molecule has 0 aliphatic rings. The number of hydrogen-bond acceptors (Lipinski definition) is 3. The highest BCUT2D eigenvalue weighted by Crippen LogP contribution is 2.23. The number of benzene rings is 3. The first-order chi connectivity index (χ1) is 12.8. The first-order valence-electron chi connectivity index (χ1n) is 8.47. The third-order valence-corrected chi connectivity index (χ3v) is 5.11. The van der Waals surface area contributed by atoms with Crippen molar-refractivity contribution in [1.82, 2.24) is 0 Å². The minimum Gasteiger partial charge on any atom is -0.389 e. The topological polar surface area (TPSA) is 74.6 Å². The van der Waals surface area contributed by atoms with E-state index in [1.807, 2.05) is 54.6 Å². The smallest absolute Gasteiger partial charge is 0.294 e. The van der Waals surface area contributed by atoms with Gasteiger partial charge in [-0.25, -0.2) is 0 Å². The molecule has 5 heteroatoms. The van der Waals surface area contributed by atoms with Crippen molar-refractivity contribution >= 4 is 22.3 Å². The average Bonchev–Trinajstić information content (AvgIpc) is 2.66. The minimum absolute atomic E-state index is 0.124. The van der Waals surface area contributed by atoms with Crippen molar-refractivity contribution in [2.45, 2.75) is 17.9 Å². The summed E-state index contributed by atoms with van der Waals surface area (Å²) >= 11 is 0. The molecule has 0 fully saturated rings. The molecule has 1 atom stereocenters. The molecule has 138 valence electrons. The molecule has 0 bridgehead atoms. The normalized spacial score (nSPS) is 13.0. The summed E-state index contributed by atoms with van der Waals surface area (Å²) in [6.45, 7) is 1.74. The van der Waals surface area contributed by atoms with E-state index in [-0.39, 0.29) is 4.90 Å². The van der Waals surface area contributed by atoms with Crippen LogP contribution in [0.3, 0.4) is 0 Å². The molecule has 0 aromatic heterocycles. The van der Waals surface area contributed by atoms with Gasteiger partial charge in [0.05, 0.1) is 11.0 Å². The van der Waals surface area contributed by atoms with Crippen LogP contribution >= 0.6 is 0 Å². The van der Waals surface area contributed by atoms with Gasteiger partial charge in [0.25, 0.3) is 10.1 Å². The molecule has 0 spiro atoms. The number of hydrogen-bond donors (Lipinski definition) is 2. The van der Waals surface area contributed by atoms with Gasteiger partial charge in [-0.05, 0) is 46.9 Å². The number of aliphatic hydroxyl groups is 1. The molecular weight excluding hydrogens is 360 g/mol. The predicted molar refractivity (Wildman–Crippen MR) is 108 cm³/mol. The van der Waals surface area contributed by atoms with Gasteiger partial charge in [0.2, 0.25) is 0 Å². The summed E-state index contributed by atoms with van der Waals surface area (Å²) in [5, 5.41) is 9.58. The largest absolute Gasteiger partial charge is 0.389 e. The first kappa shape index (κ1) is 19.0. The van der Waals surface area contributed by atoms with E-state index in [9.17, 15) is 13.5 Å². The number of rotatable bonds is 5. The van der Waals surface area contributed by atoms with Gasteiger partial charge in [0.1, 0.15) is 0 Å². The van der Waals surface area contributed by atoms with Crippen LogP contribution in [0.4, 0.5) is 0 Å². The zero-order valence-corrected chi connectivity index (χ0v) is 15.6. The van der Waals surface area contributed by atoms with Crippen LogP contribution < -0.4 is 0 Å². The molecule has 0 saturated heterocycles. The fourth-order valence-corrected chi connectivity index (χ4v) is 3.25. The molecule has 0 aliphatic heterocycles. The van der Waals surface area contributed by atoms with Crippen molar-refractivity contribution in [2.24, 2.45) is 0 Å². The van der Waals surface area contributed by atoms with E-state index in [1.165, 1.54) is 12.1 Å². The highest BCUT2D eigenvalue weighted by Gasteiger charge is 2.08. The van der Waals surface area contributed by atoms with E-state index in [1.54, 1.807) is 25.1 Å². The lowest BCUT2D eigenvalue weighted by Crippen LogP contribution is -1.97. The maximum atomic E-state index is 11.2. The second-order valence-corrected chi connectivity index (χ2v) is 7.72.